The van der Waals surface area contributed by atoms with Crippen molar-refractivity contribution in [3.8, 4) is 5.75 Å². The Morgan fingerprint density at radius 3 is 2.95 bits per heavy atom. The van der Waals surface area contributed by atoms with Crippen molar-refractivity contribution in [2.24, 2.45) is 0 Å². The molecule has 0 saturated carbocycles. The number of methoxy groups -OCH3 is 1. The molecule has 1 aromatic carbocycles. The summed E-state index contributed by atoms with van der Waals surface area (Å²) in [4.78, 5) is 11.0. The third-order valence-corrected chi connectivity index (χ3v) is 3.80. The molecule has 106 valence electrons. The van der Waals surface area contributed by atoms with E-state index in [1.165, 1.54) is 0 Å². The van der Waals surface area contributed by atoms with Crippen molar-refractivity contribution in [2.45, 2.75) is 12.5 Å². The molecule has 20 heavy (non-hydrogen) atoms. The molecule has 2 heterocycles. The lowest BCUT2D eigenvalue weighted by atomic mass is 10.2. The molecule has 1 aromatic heterocycles. The Labute approximate surface area is 117 Å². The van der Waals surface area contributed by atoms with E-state index in [0.717, 1.165) is 42.0 Å². The molecule has 1 aliphatic heterocycles. The smallest absolute Gasteiger partial charge is 0.222 e. The third kappa shape index (κ3) is 2.22. The first-order valence-electron chi connectivity index (χ1n) is 6.74. The van der Waals surface area contributed by atoms with Crippen molar-refractivity contribution in [1.29, 1.82) is 0 Å². The number of hydrogen-bond donors (Lipinski definition) is 2. The van der Waals surface area contributed by atoms with Gasteiger partial charge in [-0.15, -0.1) is 0 Å². The molecule has 3 N–H and O–H groups in total. The lowest BCUT2D eigenvalue weighted by Gasteiger charge is -2.19. The number of aromatic nitrogens is 2. The quantitative estimate of drug-likeness (QED) is 0.869. The molecule has 0 spiro atoms. The van der Waals surface area contributed by atoms with Crippen molar-refractivity contribution in [2.75, 3.05) is 37.9 Å². The SMILES string of the molecule is CNC1CCN(c2nc(N)nc3ccc(OC)cc23)C1. The van der Waals surface area contributed by atoms with Gasteiger partial charge in [0.15, 0.2) is 0 Å². The molecule has 1 atom stereocenters. The first-order valence-corrected chi connectivity index (χ1v) is 6.74. The van der Waals surface area contributed by atoms with Gasteiger partial charge in [-0.3, -0.25) is 0 Å². The van der Waals surface area contributed by atoms with Gasteiger partial charge in [0.25, 0.3) is 0 Å². The number of rotatable bonds is 3. The van der Waals surface area contributed by atoms with E-state index in [-0.39, 0.29) is 0 Å². The minimum absolute atomic E-state index is 0.311. The maximum Gasteiger partial charge on any atom is 0.222 e. The largest absolute Gasteiger partial charge is 0.497 e. The van der Waals surface area contributed by atoms with Crippen LogP contribution in [-0.2, 0) is 0 Å². The summed E-state index contributed by atoms with van der Waals surface area (Å²) in [6.45, 7) is 1.90. The van der Waals surface area contributed by atoms with Crippen molar-refractivity contribution in [1.82, 2.24) is 15.3 Å². The Morgan fingerprint density at radius 1 is 1.40 bits per heavy atom. The first kappa shape index (κ1) is 12.9. The van der Waals surface area contributed by atoms with Crippen molar-refractivity contribution < 1.29 is 4.74 Å². The van der Waals surface area contributed by atoms with E-state index in [1.54, 1.807) is 7.11 Å². The average molecular weight is 273 g/mol. The van der Waals surface area contributed by atoms with Gasteiger partial charge in [0, 0.05) is 24.5 Å². The van der Waals surface area contributed by atoms with Crippen LogP contribution in [0.1, 0.15) is 6.42 Å². The molecule has 0 amide bonds. The van der Waals surface area contributed by atoms with Gasteiger partial charge >= 0.3 is 0 Å². The topological polar surface area (TPSA) is 76.3 Å². The number of anilines is 2. The highest BCUT2D eigenvalue weighted by Gasteiger charge is 2.24. The monoisotopic (exact) mass is 273 g/mol. The molecular formula is C14H19N5O. The fourth-order valence-electron chi connectivity index (χ4n) is 2.67. The summed E-state index contributed by atoms with van der Waals surface area (Å²) < 4.78 is 5.29. The van der Waals surface area contributed by atoms with Gasteiger partial charge in [-0.1, -0.05) is 0 Å². The standard InChI is InChI=1S/C14H19N5O/c1-16-9-5-6-19(8-9)13-11-7-10(20-2)3-4-12(11)17-14(15)18-13/h3-4,7,9,16H,5-6,8H2,1-2H3,(H2,15,17,18). The van der Waals surface area contributed by atoms with Crippen LogP contribution >= 0.6 is 0 Å². The molecule has 3 rings (SSSR count). The summed E-state index contributed by atoms with van der Waals surface area (Å²) in [5.41, 5.74) is 6.68. The van der Waals surface area contributed by atoms with Crippen LogP contribution < -0.4 is 20.7 Å². The van der Waals surface area contributed by atoms with Gasteiger partial charge in [-0.25, -0.2) is 4.98 Å². The molecule has 1 saturated heterocycles. The van der Waals surface area contributed by atoms with Crippen LogP contribution in [0.15, 0.2) is 18.2 Å². The molecule has 6 nitrogen and oxygen atoms in total. The number of nitrogens with zero attached hydrogens (tertiary/aromatic N) is 3. The number of benzene rings is 1. The molecule has 1 unspecified atom stereocenters. The zero-order valence-corrected chi connectivity index (χ0v) is 11.8. The fourth-order valence-corrected chi connectivity index (χ4v) is 2.67. The first-order chi connectivity index (χ1) is 9.71. The number of nitrogen functional groups attached to an aromatic ring is 1. The van der Waals surface area contributed by atoms with E-state index in [4.69, 9.17) is 10.5 Å². The Morgan fingerprint density at radius 2 is 2.25 bits per heavy atom. The highest BCUT2D eigenvalue weighted by atomic mass is 16.5. The van der Waals surface area contributed by atoms with Crippen LogP contribution in [-0.4, -0.2) is 43.3 Å². The van der Waals surface area contributed by atoms with Gasteiger partial charge in [-0.2, -0.15) is 4.98 Å². The van der Waals surface area contributed by atoms with Gasteiger partial charge in [0.2, 0.25) is 5.95 Å². The van der Waals surface area contributed by atoms with Crippen molar-refractivity contribution >= 4 is 22.7 Å². The van der Waals surface area contributed by atoms with E-state index in [0.29, 0.717) is 12.0 Å². The second-order valence-electron chi connectivity index (χ2n) is 5.01. The number of fused-ring (bicyclic) bond motifs is 1. The minimum Gasteiger partial charge on any atom is -0.497 e. The second-order valence-corrected chi connectivity index (χ2v) is 5.01. The maximum atomic E-state index is 5.83. The van der Waals surface area contributed by atoms with Crippen LogP contribution in [0.5, 0.6) is 5.75 Å². The molecule has 0 radical (unpaired) electrons. The highest BCUT2D eigenvalue weighted by Crippen LogP contribution is 2.30. The van der Waals surface area contributed by atoms with E-state index in [1.807, 2.05) is 25.2 Å². The summed E-state index contributed by atoms with van der Waals surface area (Å²) in [5, 5.41) is 4.29. The molecule has 1 aliphatic rings. The third-order valence-electron chi connectivity index (χ3n) is 3.80. The summed E-state index contributed by atoms with van der Waals surface area (Å²) in [6, 6.07) is 6.27. The average Bonchev–Trinajstić information content (AvgIpc) is 2.94. The van der Waals surface area contributed by atoms with Gasteiger partial charge in [-0.05, 0) is 31.7 Å². The zero-order valence-electron chi connectivity index (χ0n) is 11.8. The molecule has 0 aliphatic carbocycles. The van der Waals surface area contributed by atoms with Crippen LogP contribution in [0.25, 0.3) is 10.9 Å². The number of nitrogens with two attached hydrogens (primary N) is 1. The Kier molecular flexibility index (Phi) is 3.31. The normalized spacial score (nSPS) is 18.7. The van der Waals surface area contributed by atoms with Crippen LogP contribution in [0.3, 0.4) is 0 Å². The van der Waals surface area contributed by atoms with Crippen LogP contribution in [0.2, 0.25) is 0 Å². The lowest BCUT2D eigenvalue weighted by Crippen LogP contribution is -2.30. The van der Waals surface area contributed by atoms with Gasteiger partial charge in [0.1, 0.15) is 11.6 Å². The molecule has 1 fully saturated rings. The van der Waals surface area contributed by atoms with Crippen LogP contribution in [0.4, 0.5) is 11.8 Å². The summed E-state index contributed by atoms with van der Waals surface area (Å²) >= 11 is 0. The summed E-state index contributed by atoms with van der Waals surface area (Å²) in [5.74, 6) is 2.01. The minimum atomic E-state index is 0.311. The Hall–Kier alpha value is -2.08. The Balaban J connectivity index is 2.08. The predicted molar refractivity (Wildman–Crippen MR) is 80.2 cm³/mol. The van der Waals surface area contributed by atoms with Crippen molar-refractivity contribution in [3.63, 3.8) is 0 Å². The predicted octanol–water partition coefficient (Wildman–Crippen LogP) is 1.02. The second kappa shape index (κ2) is 5.13. The molecular weight excluding hydrogens is 254 g/mol. The molecule has 2 aromatic rings. The van der Waals surface area contributed by atoms with Gasteiger partial charge < -0.3 is 20.7 Å². The number of hydrogen-bond acceptors (Lipinski definition) is 6. The van der Waals surface area contributed by atoms with Crippen LogP contribution in [0, 0.1) is 0 Å². The lowest BCUT2D eigenvalue weighted by molar-refractivity contribution is 0.415. The molecule has 0 bridgehead atoms. The number of likely N-dealkylation sites (N-methyl/N-ethyl adjacent to an activating group) is 1. The summed E-state index contributed by atoms with van der Waals surface area (Å²) in [6.07, 6.45) is 1.10. The maximum absolute atomic E-state index is 5.83. The Bertz CT molecular complexity index is 630. The highest BCUT2D eigenvalue weighted by molar-refractivity contribution is 5.91. The van der Waals surface area contributed by atoms with E-state index in [9.17, 15) is 0 Å². The molecule has 6 heteroatoms. The number of ether oxygens (including phenoxy) is 1. The van der Waals surface area contributed by atoms with E-state index >= 15 is 0 Å². The zero-order chi connectivity index (χ0) is 14.1. The number of nitrogens with one attached hydrogen (secondary N) is 1. The van der Waals surface area contributed by atoms with E-state index in [2.05, 4.69) is 20.2 Å². The summed E-state index contributed by atoms with van der Waals surface area (Å²) in [7, 11) is 3.65. The van der Waals surface area contributed by atoms with Crippen molar-refractivity contribution in [3.05, 3.63) is 18.2 Å². The van der Waals surface area contributed by atoms with E-state index < -0.39 is 0 Å². The fraction of sp³-hybridized carbons (Fsp3) is 0.429. The van der Waals surface area contributed by atoms with Gasteiger partial charge in [0.05, 0.1) is 12.6 Å².